The summed E-state index contributed by atoms with van der Waals surface area (Å²) < 4.78 is 0. The molecule has 1 nitrogen and oxygen atoms in total. The number of hydrogen-bond acceptors (Lipinski definition) is 1. The molecule has 0 aromatic rings. The van der Waals surface area contributed by atoms with Gasteiger partial charge in [-0.15, -0.1) is 0 Å². The van der Waals surface area contributed by atoms with E-state index in [-0.39, 0.29) is 0 Å². The summed E-state index contributed by atoms with van der Waals surface area (Å²) in [5, 5.41) is 0. The van der Waals surface area contributed by atoms with Crippen LogP contribution in [0.5, 0.6) is 0 Å². The Balaban J connectivity index is 1.97. The molecule has 1 heterocycles. The molecule has 0 aliphatic carbocycles. The minimum atomic E-state index is 0.616. The van der Waals surface area contributed by atoms with Crippen molar-refractivity contribution in [2.24, 2.45) is 4.99 Å². The van der Waals surface area contributed by atoms with E-state index in [0.29, 0.717) is 6.04 Å². The van der Waals surface area contributed by atoms with Gasteiger partial charge in [0.1, 0.15) is 0 Å². The molecule has 0 saturated heterocycles. The SMILES string of the molecule is CCCCCCCC1=NC(C)CC1. The monoisotopic (exact) mass is 181 g/mol. The van der Waals surface area contributed by atoms with Gasteiger partial charge in [-0.1, -0.05) is 32.6 Å². The third-order valence-electron chi connectivity index (χ3n) is 2.82. The fourth-order valence-corrected chi connectivity index (χ4v) is 1.94. The van der Waals surface area contributed by atoms with Gasteiger partial charge < -0.3 is 0 Å². The van der Waals surface area contributed by atoms with Crippen molar-refractivity contribution in [2.75, 3.05) is 0 Å². The standard InChI is InChI=1S/C12H23N/c1-3-4-5-6-7-8-12-10-9-11(2)13-12/h11H,3-10H2,1-2H3. The molecule has 0 N–H and O–H groups in total. The molecule has 1 heteroatoms. The molecule has 0 radical (unpaired) electrons. The Morgan fingerprint density at radius 1 is 1.23 bits per heavy atom. The first-order chi connectivity index (χ1) is 6.33. The lowest BCUT2D eigenvalue weighted by Crippen LogP contribution is -1.92. The molecule has 0 fully saturated rings. The number of aliphatic imine (C=N–C) groups is 1. The number of rotatable bonds is 6. The highest BCUT2D eigenvalue weighted by Gasteiger charge is 2.11. The van der Waals surface area contributed by atoms with Crippen LogP contribution in [0.25, 0.3) is 0 Å². The molecule has 1 rings (SSSR count). The van der Waals surface area contributed by atoms with E-state index >= 15 is 0 Å². The Bertz CT molecular complexity index is 161. The predicted octanol–water partition coefficient (Wildman–Crippen LogP) is 3.97. The number of hydrogen-bond donors (Lipinski definition) is 0. The summed E-state index contributed by atoms with van der Waals surface area (Å²) in [7, 11) is 0. The molecule has 0 bridgehead atoms. The average Bonchev–Trinajstić information content (AvgIpc) is 2.51. The second kappa shape index (κ2) is 6.17. The highest BCUT2D eigenvalue weighted by Crippen LogP contribution is 2.16. The van der Waals surface area contributed by atoms with Crippen LogP contribution in [-0.2, 0) is 0 Å². The molecule has 0 saturated carbocycles. The van der Waals surface area contributed by atoms with Crippen molar-refractivity contribution in [1.29, 1.82) is 0 Å². The van der Waals surface area contributed by atoms with Crippen LogP contribution in [0.4, 0.5) is 0 Å². The quantitative estimate of drug-likeness (QED) is 0.550. The molecule has 0 aromatic heterocycles. The van der Waals surface area contributed by atoms with E-state index in [0.717, 1.165) is 0 Å². The van der Waals surface area contributed by atoms with Gasteiger partial charge in [-0.25, -0.2) is 0 Å². The maximum atomic E-state index is 4.62. The van der Waals surface area contributed by atoms with Gasteiger partial charge in [0.2, 0.25) is 0 Å². The second-order valence-corrected chi connectivity index (χ2v) is 4.25. The van der Waals surface area contributed by atoms with Gasteiger partial charge in [-0.3, -0.25) is 4.99 Å². The molecule has 0 amide bonds. The molecule has 76 valence electrons. The van der Waals surface area contributed by atoms with Gasteiger partial charge in [0, 0.05) is 11.8 Å². The molecule has 0 aromatic carbocycles. The topological polar surface area (TPSA) is 12.4 Å². The van der Waals surface area contributed by atoms with Gasteiger partial charge in [-0.2, -0.15) is 0 Å². The van der Waals surface area contributed by atoms with Crippen LogP contribution in [0.3, 0.4) is 0 Å². The third kappa shape index (κ3) is 4.44. The van der Waals surface area contributed by atoms with Crippen molar-refractivity contribution in [2.45, 2.75) is 71.3 Å². The van der Waals surface area contributed by atoms with Crippen molar-refractivity contribution in [1.82, 2.24) is 0 Å². The normalized spacial score (nSPS) is 22.0. The van der Waals surface area contributed by atoms with Crippen LogP contribution in [0, 0.1) is 0 Å². The predicted molar refractivity (Wildman–Crippen MR) is 59.5 cm³/mol. The van der Waals surface area contributed by atoms with Crippen molar-refractivity contribution in [3.63, 3.8) is 0 Å². The Hall–Kier alpha value is -0.330. The first kappa shape index (κ1) is 10.7. The van der Waals surface area contributed by atoms with Crippen LogP contribution in [0.1, 0.15) is 65.2 Å². The number of nitrogens with zero attached hydrogens (tertiary/aromatic N) is 1. The summed E-state index contributed by atoms with van der Waals surface area (Å²) in [5.41, 5.74) is 1.49. The van der Waals surface area contributed by atoms with E-state index in [4.69, 9.17) is 0 Å². The average molecular weight is 181 g/mol. The Morgan fingerprint density at radius 3 is 2.62 bits per heavy atom. The highest BCUT2D eigenvalue weighted by atomic mass is 14.8. The van der Waals surface area contributed by atoms with Crippen LogP contribution in [0.15, 0.2) is 4.99 Å². The summed E-state index contributed by atoms with van der Waals surface area (Å²) in [6.07, 6.45) is 10.8. The fraction of sp³-hybridized carbons (Fsp3) is 0.917. The lowest BCUT2D eigenvalue weighted by atomic mass is 10.1. The van der Waals surface area contributed by atoms with Crippen LogP contribution >= 0.6 is 0 Å². The highest BCUT2D eigenvalue weighted by molar-refractivity contribution is 5.86. The van der Waals surface area contributed by atoms with E-state index < -0.39 is 0 Å². The van der Waals surface area contributed by atoms with Crippen LogP contribution in [-0.4, -0.2) is 11.8 Å². The summed E-state index contributed by atoms with van der Waals surface area (Å²) in [4.78, 5) is 4.62. The summed E-state index contributed by atoms with van der Waals surface area (Å²) in [6.45, 7) is 4.49. The number of unbranched alkanes of at least 4 members (excludes halogenated alkanes) is 4. The summed E-state index contributed by atoms with van der Waals surface area (Å²) in [6, 6.07) is 0.616. The molecule has 1 atom stereocenters. The van der Waals surface area contributed by atoms with Crippen LogP contribution < -0.4 is 0 Å². The van der Waals surface area contributed by atoms with Crippen molar-refractivity contribution < 1.29 is 0 Å². The molecule has 1 aliphatic rings. The molecular formula is C12H23N. The zero-order valence-corrected chi connectivity index (χ0v) is 9.18. The van der Waals surface area contributed by atoms with Gasteiger partial charge in [-0.05, 0) is 32.6 Å². The minimum Gasteiger partial charge on any atom is -0.291 e. The smallest absolute Gasteiger partial charge is 0.0474 e. The summed E-state index contributed by atoms with van der Waals surface area (Å²) in [5.74, 6) is 0. The molecule has 1 unspecified atom stereocenters. The van der Waals surface area contributed by atoms with Gasteiger partial charge in [0.25, 0.3) is 0 Å². The summed E-state index contributed by atoms with van der Waals surface area (Å²) >= 11 is 0. The first-order valence-corrected chi connectivity index (χ1v) is 5.88. The zero-order chi connectivity index (χ0) is 9.52. The van der Waals surface area contributed by atoms with Crippen molar-refractivity contribution in [3.8, 4) is 0 Å². The van der Waals surface area contributed by atoms with E-state index in [1.165, 1.54) is 57.1 Å². The lowest BCUT2D eigenvalue weighted by molar-refractivity contribution is 0.642. The zero-order valence-electron chi connectivity index (χ0n) is 9.18. The maximum absolute atomic E-state index is 4.62. The van der Waals surface area contributed by atoms with Gasteiger partial charge in [0.15, 0.2) is 0 Å². The van der Waals surface area contributed by atoms with Crippen molar-refractivity contribution >= 4 is 5.71 Å². The van der Waals surface area contributed by atoms with E-state index in [1.807, 2.05) is 0 Å². The second-order valence-electron chi connectivity index (χ2n) is 4.25. The molecule has 1 aliphatic heterocycles. The van der Waals surface area contributed by atoms with Gasteiger partial charge in [0.05, 0.1) is 0 Å². The molecular weight excluding hydrogens is 158 g/mol. The maximum Gasteiger partial charge on any atom is 0.0474 e. The Labute approximate surface area is 82.6 Å². The van der Waals surface area contributed by atoms with Gasteiger partial charge >= 0.3 is 0 Å². The van der Waals surface area contributed by atoms with E-state index in [9.17, 15) is 0 Å². The van der Waals surface area contributed by atoms with E-state index in [1.54, 1.807) is 0 Å². The van der Waals surface area contributed by atoms with Crippen LogP contribution in [0.2, 0.25) is 0 Å². The molecule has 13 heavy (non-hydrogen) atoms. The minimum absolute atomic E-state index is 0.616. The lowest BCUT2D eigenvalue weighted by Gasteiger charge is -1.99. The first-order valence-electron chi connectivity index (χ1n) is 5.88. The Kier molecular flexibility index (Phi) is 5.10. The fourth-order valence-electron chi connectivity index (χ4n) is 1.94. The Morgan fingerprint density at radius 2 is 2.00 bits per heavy atom. The largest absolute Gasteiger partial charge is 0.291 e. The molecule has 0 spiro atoms. The van der Waals surface area contributed by atoms with Crippen molar-refractivity contribution in [3.05, 3.63) is 0 Å². The van der Waals surface area contributed by atoms with E-state index in [2.05, 4.69) is 18.8 Å². The third-order valence-corrected chi connectivity index (χ3v) is 2.82.